The first kappa shape index (κ1) is 19.2. The Balaban J connectivity index is 1.40. The maximum atomic E-state index is 13.0. The fourth-order valence-electron chi connectivity index (χ4n) is 3.98. The highest BCUT2D eigenvalue weighted by molar-refractivity contribution is 6.21. The van der Waals surface area contributed by atoms with Gasteiger partial charge >= 0.3 is 0 Å². The third-order valence-electron chi connectivity index (χ3n) is 5.47. The van der Waals surface area contributed by atoms with Crippen molar-refractivity contribution in [2.75, 3.05) is 37.7 Å². The zero-order chi connectivity index (χ0) is 20.4. The van der Waals surface area contributed by atoms with Gasteiger partial charge in [-0.2, -0.15) is 0 Å². The lowest BCUT2D eigenvalue weighted by Crippen LogP contribution is -3.19. The molecule has 0 aliphatic carbocycles. The summed E-state index contributed by atoms with van der Waals surface area (Å²) in [6, 6.07) is 9.92. The van der Waals surface area contributed by atoms with Crippen LogP contribution in [0.25, 0.3) is 0 Å². The van der Waals surface area contributed by atoms with Crippen LogP contribution in [0.1, 0.15) is 23.9 Å². The van der Waals surface area contributed by atoms with Gasteiger partial charge in [-0.1, -0.05) is 0 Å². The molecule has 1 N–H and O–H groups in total. The van der Waals surface area contributed by atoms with Crippen LogP contribution in [0.15, 0.2) is 47.1 Å². The zero-order valence-corrected chi connectivity index (χ0v) is 16.3. The summed E-state index contributed by atoms with van der Waals surface area (Å²) in [6.45, 7) is 4.74. The maximum absolute atomic E-state index is 13.0. The second-order valence-corrected chi connectivity index (χ2v) is 7.18. The van der Waals surface area contributed by atoms with Crippen LogP contribution < -0.4 is 14.5 Å². The number of carbonyl (C=O) groups excluding carboxylic acids is 3. The summed E-state index contributed by atoms with van der Waals surface area (Å²) in [7, 11) is 0. The van der Waals surface area contributed by atoms with Gasteiger partial charge in [-0.25, -0.2) is 4.90 Å². The molecule has 0 bridgehead atoms. The van der Waals surface area contributed by atoms with Crippen molar-refractivity contribution in [3.8, 4) is 5.75 Å². The molecule has 1 aromatic carbocycles. The molecule has 8 heteroatoms. The Morgan fingerprint density at radius 2 is 1.90 bits per heavy atom. The van der Waals surface area contributed by atoms with E-state index in [1.807, 2.05) is 6.92 Å². The van der Waals surface area contributed by atoms with Gasteiger partial charge in [0.25, 0.3) is 11.8 Å². The predicted molar refractivity (Wildman–Crippen MR) is 104 cm³/mol. The number of benzene rings is 1. The molecule has 2 aliphatic rings. The number of quaternary nitrogens is 1. The summed E-state index contributed by atoms with van der Waals surface area (Å²) in [4.78, 5) is 42.0. The number of furan rings is 1. The van der Waals surface area contributed by atoms with E-state index >= 15 is 0 Å². The van der Waals surface area contributed by atoms with Crippen molar-refractivity contribution in [3.05, 3.63) is 48.4 Å². The number of ether oxygens (including phenoxy) is 1. The molecule has 1 atom stereocenters. The number of carbonyl (C=O) groups is 3. The number of rotatable bonds is 5. The molecule has 0 saturated carbocycles. The summed E-state index contributed by atoms with van der Waals surface area (Å²) in [5.41, 5.74) is 0.567. The molecule has 4 rings (SSSR count). The van der Waals surface area contributed by atoms with E-state index in [0.717, 1.165) is 4.90 Å². The van der Waals surface area contributed by atoms with Crippen molar-refractivity contribution in [2.24, 2.45) is 0 Å². The van der Waals surface area contributed by atoms with E-state index < -0.39 is 6.04 Å². The molecule has 1 aromatic heterocycles. The van der Waals surface area contributed by atoms with Crippen LogP contribution in [0.4, 0.5) is 5.69 Å². The molecule has 2 fully saturated rings. The molecule has 0 unspecified atom stereocenters. The van der Waals surface area contributed by atoms with Crippen LogP contribution in [-0.4, -0.2) is 61.4 Å². The Labute approximate surface area is 168 Å². The van der Waals surface area contributed by atoms with Gasteiger partial charge < -0.3 is 19.0 Å². The number of hydrogen-bond donors (Lipinski definition) is 1. The Hall–Kier alpha value is -3.13. The number of nitrogens with zero attached hydrogens (tertiary/aromatic N) is 2. The molecular formula is C21H24N3O5+. The number of hydrogen-bond acceptors (Lipinski definition) is 5. The van der Waals surface area contributed by atoms with Crippen LogP contribution in [0.2, 0.25) is 0 Å². The van der Waals surface area contributed by atoms with Crippen molar-refractivity contribution in [1.82, 2.24) is 4.90 Å². The fourth-order valence-corrected chi connectivity index (χ4v) is 3.98. The highest BCUT2D eigenvalue weighted by atomic mass is 16.5. The van der Waals surface area contributed by atoms with Gasteiger partial charge in [-0.3, -0.25) is 14.4 Å². The zero-order valence-electron chi connectivity index (χ0n) is 16.3. The molecule has 2 aromatic rings. The van der Waals surface area contributed by atoms with Gasteiger partial charge in [-0.15, -0.1) is 0 Å². The molecule has 0 radical (unpaired) electrons. The third kappa shape index (κ3) is 3.75. The van der Waals surface area contributed by atoms with Gasteiger partial charge in [0.2, 0.25) is 5.91 Å². The van der Waals surface area contributed by atoms with Crippen molar-refractivity contribution < 1.29 is 28.4 Å². The first-order valence-electron chi connectivity index (χ1n) is 9.85. The normalized spacial score (nSPS) is 20.4. The Morgan fingerprint density at radius 1 is 1.17 bits per heavy atom. The summed E-state index contributed by atoms with van der Waals surface area (Å²) in [6.07, 6.45) is 1.67. The lowest BCUT2D eigenvalue weighted by atomic mass is 10.1. The highest BCUT2D eigenvalue weighted by Crippen LogP contribution is 2.24. The minimum atomic E-state index is -0.407. The monoisotopic (exact) mass is 398 g/mol. The molecule has 0 spiro atoms. The number of piperazine rings is 1. The summed E-state index contributed by atoms with van der Waals surface area (Å²) in [5.74, 6) is 0.515. The average Bonchev–Trinajstić information content (AvgIpc) is 3.37. The van der Waals surface area contributed by atoms with Crippen LogP contribution in [0.5, 0.6) is 5.75 Å². The van der Waals surface area contributed by atoms with E-state index in [9.17, 15) is 14.4 Å². The summed E-state index contributed by atoms with van der Waals surface area (Å²) >= 11 is 0. The van der Waals surface area contributed by atoms with Crippen molar-refractivity contribution in [3.63, 3.8) is 0 Å². The number of imide groups is 1. The molecule has 2 saturated heterocycles. The van der Waals surface area contributed by atoms with Gasteiger partial charge in [0.15, 0.2) is 11.8 Å². The third-order valence-corrected chi connectivity index (χ3v) is 5.47. The van der Waals surface area contributed by atoms with E-state index in [2.05, 4.69) is 0 Å². The lowest BCUT2D eigenvalue weighted by Gasteiger charge is -2.34. The predicted octanol–water partition coefficient (Wildman–Crippen LogP) is 0.351. The molecule has 8 nitrogen and oxygen atoms in total. The number of anilines is 1. The van der Waals surface area contributed by atoms with Crippen LogP contribution in [0, 0.1) is 0 Å². The van der Waals surface area contributed by atoms with E-state index in [0.29, 0.717) is 50.0 Å². The van der Waals surface area contributed by atoms with Gasteiger partial charge in [0, 0.05) is 0 Å². The van der Waals surface area contributed by atoms with Crippen LogP contribution in [-0.2, 0) is 9.59 Å². The quantitative estimate of drug-likeness (QED) is 0.735. The second kappa shape index (κ2) is 8.08. The molecule has 152 valence electrons. The second-order valence-electron chi connectivity index (χ2n) is 7.18. The van der Waals surface area contributed by atoms with E-state index in [4.69, 9.17) is 9.15 Å². The first-order chi connectivity index (χ1) is 14.1. The average molecular weight is 398 g/mol. The van der Waals surface area contributed by atoms with E-state index in [-0.39, 0.29) is 24.1 Å². The van der Waals surface area contributed by atoms with Crippen molar-refractivity contribution >= 4 is 23.4 Å². The van der Waals surface area contributed by atoms with Crippen LogP contribution in [0.3, 0.4) is 0 Å². The summed E-state index contributed by atoms with van der Waals surface area (Å²) < 4.78 is 10.6. The fraction of sp³-hybridized carbons (Fsp3) is 0.381. The maximum Gasteiger partial charge on any atom is 0.292 e. The highest BCUT2D eigenvalue weighted by Gasteiger charge is 2.46. The molecular weight excluding hydrogens is 374 g/mol. The largest absolute Gasteiger partial charge is 0.494 e. The minimum Gasteiger partial charge on any atom is -0.494 e. The van der Waals surface area contributed by atoms with Gasteiger partial charge in [0.05, 0.1) is 51.2 Å². The van der Waals surface area contributed by atoms with Gasteiger partial charge in [0.1, 0.15) is 5.75 Å². The molecule has 3 heterocycles. The van der Waals surface area contributed by atoms with E-state index in [1.54, 1.807) is 41.3 Å². The number of amides is 3. The molecule has 29 heavy (non-hydrogen) atoms. The Kier molecular flexibility index (Phi) is 5.35. The Morgan fingerprint density at radius 3 is 2.52 bits per heavy atom. The Bertz CT molecular complexity index is 886. The lowest BCUT2D eigenvalue weighted by molar-refractivity contribution is -0.918. The van der Waals surface area contributed by atoms with Crippen LogP contribution >= 0.6 is 0 Å². The molecule has 3 amide bonds. The summed E-state index contributed by atoms with van der Waals surface area (Å²) in [5, 5.41) is 0. The van der Waals surface area contributed by atoms with Crippen molar-refractivity contribution in [1.29, 1.82) is 0 Å². The van der Waals surface area contributed by atoms with Crippen molar-refractivity contribution in [2.45, 2.75) is 19.4 Å². The molecule has 2 aliphatic heterocycles. The minimum absolute atomic E-state index is 0.140. The first-order valence-corrected chi connectivity index (χ1v) is 9.85. The SMILES string of the molecule is CCOc1ccc(N2C(=O)C[C@@H]([NH+]3CCN(C(=O)c4ccco4)CC3)C2=O)cc1. The topological polar surface area (TPSA) is 84.5 Å². The van der Waals surface area contributed by atoms with Gasteiger partial charge in [-0.05, 0) is 43.3 Å². The standard InChI is InChI=1S/C21H23N3O5/c1-2-28-16-7-5-15(6-8-16)24-19(25)14-17(20(24)26)22-9-11-23(12-10-22)21(27)18-4-3-13-29-18/h3-8,13,17H,2,9-12,14H2,1H3/p+1/t17-/m1/s1. The number of nitrogens with one attached hydrogen (secondary N) is 1. The van der Waals surface area contributed by atoms with E-state index in [1.165, 1.54) is 11.2 Å². The smallest absolute Gasteiger partial charge is 0.292 e.